The maximum absolute atomic E-state index is 12.6. The molecule has 2 fully saturated rings. The number of morpholine rings is 1. The highest BCUT2D eigenvalue weighted by Gasteiger charge is 2.30. The molecule has 2 amide bonds. The van der Waals surface area contributed by atoms with Crippen molar-refractivity contribution >= 4 is 23.5 Å². The minimum Gasteiger partial charge on any atom is -0.378 e. The van der Waals surface area contributed by atoms with Crippen molar-refractivity contribution in [1.29, 1.82) is 0 Å². The van der Waals surface area contributed by atoms with Crippen LogP contribution in [0.4, 0.5) is 22.2 Å². The second-order valence-electron chi connectivity index (χ2n) is 9.76. The first-order valence-corrected chi connectivity index (χ1v) is 13.0. The molecular weight excluding hydrogens is 454 g/mol. The normalized spacial score (nSPS) is 18.2. The molecule has 0 unspecified atom stereocenters. The Morgan fingerprint density at radius 3 is 2.47 bits per heavy atom. The smallest absolute Gasteiger partial charge is 0.317 e. The summed E-state index contributed by atoms with van der Waals surface area (Å²) in [6, 6.07) is 6.65. The summed E-state index contributed by atoms with van der Waals surface area (Å²) >= 11 is 0. The van der Waals surface area contributed by atoms with Crippen molar-refractivity contribution in [3.05, 3.63) is 53.2 Å². The zero-order chi connectivity index (χ0) is 25.1. The van der Waals surface area contributed by atoms with E-state index in [2.05, 4.69) is 58.6 Å². The van der Waals surface area contributed by atoms with Crippen LogP contribution in [0.5, 0.6) is 0 Å². The molecule has 9 heteroatoms. The van der Waals surface area contributed by atoms with Crippen molar-refractivity contribution in [3.63, 3.8) is 0 Å². The van der Waals surface area contributed by atoms with Gasteiger partial charge >= 0.3 is 6.03 Å². The number of piperazine rings is 1. The molecule has 0 aliphatic carbocycles. The summed E-state index contributed by atoms with van der Waals surface area (Å²) in [6.45, 7) is 16.3. The number of aromatic nitrogens is 2. The van der Waals surface area contributed by atoms with E-state index in [-0.39, 0.29) is 6.03 Å². The standard InChI is InChI=1S/C27H37N7O2/c1-4-8-28-27(35)34-9-7-24-23(19-34)25(32-14-16-36-17-15-32)30-26(29-24)33-12-10-31(11-13-33)22-6-5-20(2)21(3)18-22/h4-6,18H,1,7-17,19H2,2-3H3,(H,28,35). The lowest BCUT2D eigenvalue weighted by molar-refractivity contribution is 0.122. The topological polar surface area (TPSA) is 77.1 Å². The number of ether oxygens (including phenoxy) is 1. The zero-order valence-corrected chi connectivity index (χ0v) is 21.5. The number of hydrogen-bond donors (Lipinski definition) is 1. The van der Waals surface area contributed by atoms with Crippen LogP contribution in [-0.4, -0.2) is 86.5 Å². The monoisotopic (exact) mass is 491 g/mol. The molecule has 0 atom stereocenters. The van der Waals surface area contributed by atoms with E-state index in [0.29, 0.717) is 32.8 Å². The SMILES string of the molecule is C=CCNC(=O)N1CCc2nc(N3CCN(c4ccc(C)c(C)c4)CC3)nc(N3CCOCC3)c2C1. The molecule has 2 aromatic rings. The second-order valence-corrected chi connectivity index (χ2v) is 9.76. The van der Waals surface area contributed by atoms with Crippen LogP contribution in [0, 0.1) is 13.8 Å². The molecular formula is C27H37N7O2. The van der Waals surface area contributed by atoms with Crippen LogP contribution in [0.3, 0.4) is 0 Å². The van der Waals surface area contributed by atoms with E-state index < -0.39 is 0 Å². The van der Waals surface area contributed by atoms with Crippen molar-refractivity contribution in [1.82, 2.24) is 20.2 Å². The van der Waals surface area contributed by atoms with Gasteiger partial charge in [-0.25, -0.2) is 9.78 Å². The number of rotatable bonds is 5. The number of nitrogens with zero attached hydrogens (tertiary/aromatic N) is 6. The Bertz CT molecular complexity index is 1110. The molecule has 0 spiro atoms. The number of amides is 2. The van der Waals surface area contributed by atoms with Gasteiger partial charge in [-0.15, -0.1) is 6.58 Å². The minimum absolute atomic E-state index is 0.0694. The summed E-state index contributed by atoms with van der Waals surface area (Å²) in [7, 11) is 0. The van der Waals surface area contributed by atoms with Gasteiger partial charge in [0.25, 0.3) is 0 Å². The highest BCUT2D eigenvalue weighted by atomic mass is 16.5. The molecule has 0 radical (unpaired) electrons. The lowest BCUT2D eigenvalue weighted by Gasteiger charge is -2.38. The predicted octanol–water partition coefficient (Wildman–Crippen LogP) is 2.51. The Kier molecular flexibility index (Phi) is 7.27. The van der Waals surface area contributed by atoms with Crippen molar-refractivity contribution in [2.45, 2.75) is 26.8 Å². The van der Waals surface area contributed by atoms with E-state index in [0.717, 1.165) is 68.7 Å². The van der Waals surface area contributed by atoms with Crippen LogP contribution in [-0.2, 0) is 17.7 Å². The summed E-state index contributed by atoms with van der Waals surface area (Å²) in [5.41, 5.74) is 6.07. The molecule has 9 nitrogen and oxygen atoms in total. The fraction of sp³-hybridized carbons (Fsp3) is 0.519. The molecule has 4 heterocycles. The summed E-state index contributed by atoms with van der Waals surface area (Å²) in [5, 5.41) is 2.90. The average Bonchev–Trinajstić information content (AvgIpc) is 2.93. The minimum atomic E-state index is -0.0694. The number of urea groups is 1. The predicted molar refractivity (Wildman–Crippen MR) is 143 cm³/mol. The largest absolute Gasteiger partial charge is 0.378 e. The molecule has 0 saturated carbocycles. The molecule has 1 aromatic carbocycles. The molecule has 1 N–H and O–H groups in total. The maximum atomic E-state index is 12.6. The van der Waals surface area contributed by atoms with E-state index in [1.54, 1.807) is 6.08 Å². The van der Waals surface area contributed by atoms with Gasteiger partial charge in [-0.2, -0.15) is 4.98 Å². The van der Waals surface area contributed by atoms with Gasteiger partial charge in [-0.3, -0.25) is 0 Å². The number of nitrogens with one attached hydrogen (secondary N) is 1. The molecule has 0 bridgehead atoms. The summed E-state index contributed by atoms with van der Waals surface area (Å²) < 4.78 is 5.60. The third-order valence-corrected chi connectivity index (χ3v) is 7.44. The Hall–Kier alpha value is -3.33. The molecule has 192 valence electrons. The van der Waals surface area contributed by atoms with Crippen LogP contribution in [0.25, 0.3) is 0 Å². The van der Waals surface area contributed by atoms with E-state index >= 15 is 0 Å². The molecule has 5 rings (SSSR count). The van der Waals surface area contributed by atoms with Crippen LogP contribution in [0.15, 0.2) is 30.9 Å². The van der Waals surface area contributed by atoms with Gasteiger partial charge in [0.05, 0.1) is 25.5 Å². The van der Waals surface area contributed by atoms with Crippen molar-refractivity contribution < 1.29 is 9.53 Å². The fourth-order valence-corrected chi connectivity index (χ4v) is 5.09. The van der Waals surface area contributed by atoms with Crippen molar-refractivity contribution in [2.24, 2.45) is 0 Å². The highest BCUT2D eigenvalue weighted by Crippen LogP contribution is 2.30. The zero-order valence-electron chi connectivity index (χ0n) is 21.5. The lowest BCUT2D eigenvalue weighted by Crippen LogP contribution is -2.48. The van der Waals surface area contributed by atoms with Crippen LogP contribution in [0.2, 0.25) is 0 Å². The summed E-state index contributed by atoms with van der Waals surface area (Å²) in [5.74, 6) is 1.76. The van der Waals surface area contributed by atoms with Crippen molar-refractivity contribution in [2.75, 3.05) is 80.3 Å². The third kappa shape index (κ3) is 5.11. The quantitative estimate of drug-likeness (QED) is 0.644. The number of carbonyl (C=O) groups excluding carboxylic acids is 1. The van der Waals surface area contributed by atoms with E-state index in [1.165, 1.54) is 16.8 Å². The van der Waals surface area contributed by atoms with E-state index in [9.17, 15) is 4.79 Å². The van der Waals surface area contributed by atoms with Gasteiger partial charge in [-0.1, -0.05) is 12.1 Å². The number of fused-ring (bicyclic) bond motifs is 1. The number of aryl methyl sites for hydroxylation is 2. The van der Waals surface area contributed by atoms with Gasteiger partial charge in [0.15, 0.2) is 0 Å². The van der Waals surface area contributed by atoms with E-state index in [4.69, 9.17) is 14.7 Å². The van der Waals surface area contributed by atoms with Gasteiger partial charge in [0.2, 0.25) is 5.95 Å². The second kappa shape index (κ2) is 10.7. The van der Waals surface area contributed by atoms with Gasteiger partial charge in [0, 0.05) is 70.0 Å². The number of benzene rings is 1. The average molecular weight is 492 g/mol. The number of anilines is 3. The van der Waals surface area contributed by atoms with Crippen LogP contribution in [0.1, 0.15) is 22.4 Å². The first-order chi connectivity index (χ1) is 17.5. The third-order valence-electron chi connectivity index (χ3n) is 7.44. The molecule has 3 aliphatic rings. The van der Waals surface area contributed by atoms with Gasteiger partial charge < -0.3 is 29.7 Å². The Morgan fingerprint density at radius 1 is 1.00 bits per heavy atom. The summed E-state index contributed by atoms with van der Waals surface area (Å²) in [6.07, 6.45) is 2.43. The first kappa shape index (κ1) is 24.4. The Labute approximate surface area is 213 Å². The van der Waals surface area contributed by atoms with E-state index in [1.807, 2.05) is 4.90 Å². The number of carbonyl (C=O) groups is 1. The summed E-state index contributed by atoms with van der Waals surface area (Å²) in [4.78, 5) is 31.7. The first-order valence-electron chi connectivity index (χ1n) is 13.0. The lowest BCUT2D eigenvalue weighted by atomic mass is 10.1. The molecule has 36 heavy (non-hydrogen) atoms. The maximum Gasteiger partial charge on any atom is 0.317 e. The van der Waals surface area contributed by atoms with Crippen LogP contribution >= 0.6 is 0 Å². The van der Waals surface area contributed by atoms with Gasteiger partial charge in [-0.05, 0) is 37.1 Å². The highest BCUT2D eigenvalue weighted by molar-refractivity contribution is 5.75. The molecule has 2 saturated heterocycles. The van der Waals surface area contributed by atoms with Crippen LogP contribution < -0.4 is 20.0 Å². The Morgan fingerprint density at radius 2 is 1.75 bits per heavy atom. The van der Waals surface area contributed by atoms with Gasteiger partial charge in [0.1, 0.15) is 5.82 Å². The number of hydrogen-bond acceptors (Lipinski definition) is 7. The van der Waals surface area contributed by atoms with Crippen molar-refractivity contribution in [3.8, 4) is 0 Å². The Balaban J connectivity index is 1.36. The molecule has 3 aliphatic heterocycles. The fourth-order valence-electron chi connectivity index (χ4n) is 5.09. The molecule has 1 aromatic heterocycles.